The van der Waals surface area contributed by atoms with Crippen LogP contribution < -0.4 is 0 Å². The van der Waals surface area contributed by atoms with E-state index in [9.17, 15) is 0 Å². The van der Waals surface area contributed by atoms with E-state index in [2.05, 4.69) is 102 Å². The van der Waals surface area contributed by atoms with Crippen LogP contribution >= 0.6 is 0 Å². The summed E-state index contributed by atoms with van der Waals surface area (Å²) in [6.07, 6.45) is 5.00. The Balaban J connectivity index is 1.78. The molecule has 0 bridgehead atoms. The molecule has 0 spiro atoms. The molecule has 27 heavy (non-hydrogen) atoms. The fourth-order valence-corrected chi connectivity index (χ4v) is 10.9. The second kappa shape index (κ2) is 6.70. The Morgan fingerprint density at radius 2 is 0.963 bits per heavy atom. The molecule has 2 aromatic rings. The van der Waals surface area contributed by atoms with E-state index in [0.717, 1.165) is 0 Å². The summed E-state index contributed by atoms with van der Waals surface area (Å²) in [5.74, 6) is 0. The Labute approximate surface area is 176 Å². The SMILES string of the molecule is CC(C)(C)C1=Cc2ccccc2[CH]1[Zr][CH]1C(C(C)(C)C)=Cc2ccccc21. The summed E-state index contributed by atoms with van der Waals surface area (Å²) in [5, 5.41) is 0. The summed E-state index contributed by atoms with van der Waals surface area (Å²) in [6, 6.07) is 18.2. The molecule has 0 fully saturated rings. The van der Waals surface area contributed by atoms with E-state index in [-0.39, 0.29) is 10.8 Å². The molecule has 0 aliphatic heterocycles. The number of hydrogen-bond acceptors (Lipinski definition) is 0. The van der Waals surface area contributed by atoms with Gasteiger partial charge in [0.15, 0.2) is 0 Å². The Morgan fingerprint density at radius 3 is 1.33 bits per heavy atom. The third-order valence-corrected chi connectivity index (χ3v) is 10.6. The average Bonchev–Trinajstić information content (AvgIpc) is 3.14. The van der Waals surface area contributed by atoms with Gasteiger partial charge in [0.05, 0.1) is 0 Å². The summed E-state index contributed by atoms with van der Waals surface area (Å²) in [6.45, 7) is 14.3. The zero-order chi connectivity index (χ0) is 19.4. The molecule has 2 aromatic carbocycles. The van der Waals surface area contributed by atoms with Gasteiger partial charge < -0.3 is 0 Å². The monoisotopic (exact) mass is 432 g/mol. The molecule has 2 aliphatic rings. The van der Waals surface area contributed by atoms with Crippen molar-refractivity contribution in [2.45, 2.75) is 48.8 Å². The van der Waals surface area contributed by atoms with Gasteiger partial charge in [0.2, 0.25) is 0 Å². The van der Waals surface area contributed by atoms with Crippen molar-refractivity contribution < 1.29 is 23.2 Å². The predicted octanol–water partition coefficient (Wildman–Crippen LogP) is 7.44. The predicted molar refractivity (Wildman–Crippen MR) is 113 cm³/mol. The van der Waals surface area contributed by atoms with Gasteiger partial charge in [0, 0.05) is 0 Å². The van der Waals surface area contributed by atoms with Crippen molar-refractivity contribution in [3.63, 3.8) is 0 Å². The number of benzene rings is 2. The number of hydrogen-bond donors (Lipinski definition) is 0. The summed E-state index contributed by atoms with van der Waals surface area (Å²) < 4.78 is 1.35. The Morgan fingerprint density at radius 1 is 0.593 bits per heavy atom. The zero-order valence-corrected chi connectivity index (χ0v) is 19.9. The Kier molecular flexibility index (Phi) is 4.75. The molecule has 2 aliphatic carbocycles. The number of fused-ring (bicyclic) bond motifs is 2. The van der Waals surface area contributed by atoms with E-state index in [4.69, 9.17) is 0 Å². The van der Waals surface area contributed by atoms with E-state index < -0.39 is 23.2 Å². The molecule has 2 atom stereocenters. The maximum atomic E-state index is 2.50. The maximum absolute atomic E-state index is 2.50. The van der Waals surface area contributed by atoms with Gasteiger partial charge in [-0.15, -0.1) is 0 Å². The van der Waals surface area contributed by atoms with Gasteiger partial charge in [-0.1, -0.05) is 0 Å². The molecule has 0 nitrogen and oxygen atoms in total. The van der Waals surface area contributed by atoms with Crippen molar-refractivity contribution in [2.24, 2.45) is 10.8 Å². The minimum absolute atomic E-state index is 0.230. The molecule has 0 radical (unpaired) electrons. The molecular weight excluding hydrogens is 404 g/mol. The van der Waals surface area contributed by atoms with E-state index in [1.807, 2.05) is 0 Å². The zero-order valence-electron chi connectivity index (χ0n) is 17.4. The first-order chi connectivity index (χ1) is 12.7. The van der Waals surface area contributed by atoms with Crippen molar-refractivity contribution in [1.82, 2.24) is 0 Å². The van der Waals surface area contributed by atoms with Gasteiger partial charge in [0.25, 0.3) is 0 Å². The summed E-state index contributed by atoms with van der Waals surface area (Å²) in [4.78, 5) is 0. The number of allylic oxidation sites excluding steroid dienone is 2. The van der Waals surface area contributed by atoms with Gasteiger partial charge in [-0.3, -0.25) is 0 Å². The van der Waals surface area contributed by atoms with Crippen LogP contribution in [0.5, 0.6) is 0 Å². The van der Waals surface area contributed by atoms with Gasteiger partial charge >= 0.3 is 177 Å². The molecule has 4 rings (SSSR count). The minimum atomic E-state index is -0.805. The third kappa shape index (κ3) is 3.49. The quantitative estimate of drug-likeness (QED) is 0.462. The Bertz CT molecular complexity index is 854. The van der Waals surface area contributed by atoms with E-state index in [0.29, 0.717) is 7.25 Å². The van der Waals surface area contributed by atoms with Crippen molar-refractivity contribution in [3.8, 4) is 0 Å². The average molecular weight is 434 g/mol. The first kappa shape index (κ1) is 19.1. The fraction of sp³-hybridized carbons (Fsp3) is 0.385. The topological polar surface area (TPSA) is 0 Å². The first-order valence-electron chi connectivity index (χ1n) is 10.0. The second-order valence-corrected chi connectivity index (χ2v) is 13.6. The van der Waals surface area contributed by atoms with Crippen LogP contribution in [-0.4, -0.2) is 0 Å². The van der Waals surface area contributed by atoms with Crippen LogP contribution in [-0.2, 0) is 23.2 Å². The van der Waals surface area contributed by atoms with Crippen LogP contribution in [0.2, 0.25) is 0 Å². The van der Waals surface area contributed by atoms with Crippen LogP contribution in [0.4, 0.5) is 0 Å². The molecular formula is C26H30Zr. The first-order valence-corrected chi connectivity index (χ1v) is 12.9. The molecule has 0 amide bonds. The molecule has 0 N–H and O–H groups in total. The van der Waals surface area contributed by atoms with Crippen molar-refractivity contribution >= 4 is 12.2 Å². The standard InChI is InChI=1S/2C13H15.Zr/c2*1-13(2,3)12-8-10-6-4-5-7-11(10)9-12;/h2*4-9H,1-3H3;. The van der Waals surface area contributed by atoms with Gasteiger partial charge in [-0.2, -0.15) is 0 Å². The molecule has 0 aromatic heterocycles. The summed E-state index contributed by atoms with van der Waals surface area (Å²) in [7, 11) is 0. The number of rotatable bonds is 2. The van der Waals surface area contributed by atoms with Crippen molar-refractivity contribution in [1.29, 1.82) is 0 Å². The van der Waals surface area contributed by atoms with E-state index >= 15 is 0 Å². The van der Waals surface area contributed by atoms with E-state index in [1.165, 1.54) is 11.1 Å². The normalized spacial score (nSPS) is 21.4. The third-order valence-electron chi connectivity index (χ3n) is 5.92. The van der Waals surface area contributed by atoms with Crippen LogP contribution in [0.1, 0.15) is 71.0 Å². The van der Waals surface area contributed by atoms with E-state index in [1.54, 1.807) is 22.3 Å². The molecule has 1 heteroatoms. The Hall–Kier alpha value is -1.20. The second-order valence-electron chi connectivity index (χ2n) is 9.99. The van der Waals surface area contributed by atoms with Gasteiger partial charge in [0.1, 0.15) is 0 Å². The van der Waals surface area contributed by atoms with Crippen LogP contribution in [0, 0.1) is 10.8 Å². The van der Waals surface area contributed by atoms with Crippen LogP contribution in [0.3, 0.4) is 0 Å². The van der Waals surface area contributed by atoms with Gasteiger partial charge in [-0.05, 0) is 0 Å². The molecule has 0 saturated carbocycles. The van der Waals surface area contributed by atoms with Crippen molar-refractivity contribution in [3.05, 3.63) is 81.9 Å². The molecule has 0 saturated heterocycles. The van der Waals surface area contributed by atoms with Crippen LogP contribution in [0.15, 0.2) is 59.7 Å². The summed E-state index contributed by atoms with van der Waals surface area (Å²) in [5.41, 5.74) is 9.88. The van der Waals surface area contributed by atoms with Crippen LogP contribution in [0.25, 0.3) is 12.2 Å². The van der Waals surface area contributed by atoms with Crippen molar-refractivity contribution in [2.75, 3.05) is 0 Å². The fourth-order valence-electron chi connectivity index (χ4n) is 4.47. The molecule has 2 unspecified atom stereocenters. The van der Waals surface area contributed by atoms with Gasteiger partial charge in [-0.25, -0.2) is 0 Å². The molecule has 138 valence electrons. The molecule has 0 heterocycles. The summed E-state index contributed by atoms with van der Waals surface area (Å²) >= 11 is -0.805.